The molecule has 0 aliphatic carbocycles. The Morgan fingerprint density at radius 2 is 2.16 bits per heavy atom. The van der Waals surface area contributed by atoms with Crippen molar-refractivity contribution >= 4 is 28.8 Å². The number of nitrogens with one attached hydrogen (secondary N) is 2. The minimum atomic E-state index is -0.250. The van der Waals surface area contributed by atoms with Crippen LogP contribution in [0, 0.1) is 5.92 Å². The van der Waals surface area contributed by atoms with Gasteiger partial charge in [0.2, 0.25) is 5.13 Å². The van der Waals surface area contributed by atoms with Crippen molar-refractivity contribution in [3.8, 4) is 0 Å². The van der Waals surface area contributed by atoms with Crippen LogP contribution in [0.2, 0.25) is 0 Å². The maximum absolute atomic E-state index is 12.7. The third-order valence-electron chi connectivity index (χ3n) is 5.73. The third kappa shape index (κ3) is 4.22. The summed E-state index contributed by atoms with van der Waals surface area (Å²) in [6.45, 7) is 1.79. The summed E-state index contributed by atoms with van der Waals surface area (Å²) in [4.78, 5) is 38.7. The van der Waals surface area contributed by atoms with Gasteiger partial charge < -0.3 is 24.9 Å². The molecule has 0 aromatic carbocycles. The van der Waals surface area contributed by atoms with Crippen LogP contribution in [0.5, 0.6) is 0 Å². The molecule has 1 fully saturated rings. The van der Waals surface area contributed by atoms with E-state index in [-0.39, 0.29) is 35.8 Å². The second-order valence-electron chi connectivity index (χ2n) is 7.44. The first kappa shape index (κ1) is 20.8. The van der Waals surface area contributed by atoms with Crippen LogP contribution in [0.4, 0.5) is 5.13 Å². The SMILES string of the molecule is O=C(NC[C@H]1[C@H]2C[C@H](CN(c3nncs3)C2)c2cccc(=O)n21)c1ccc[nH]1.O=CO. The van der Waals surface area contributed by atoms with Gasteiger partial charge >= 0.3 is 0 Å². The van der Waals surface area contributed by atoms with Gasteiger partial charge in [-0.05, 0) is 30.5 Å². The molecule has 0 unspecified atom stereocenters. The van der Waals surface area contributed by atoms with Gasteiger partial charge in [0.05, 0.1) is 6.04 Å². The van der Waals surface area contributed by atoms with Gasteiger partial charge in [0.1, 0.15) is 11.2 Å². The number of rotatable bonds is 4. The zero-order chi connectivity index (χ0) is 21.8. The fourth-order valence-corrected chi connectivity index (χ4v) is 5.11. The average molecular weight is 443 g/mol. The van der Waals surface area contributed by atoms with Crippen LogP contribution in [0.3, 0.4) is 0 Å². The quantitative estimate of drug-likeness (QED) is 0.519. The number of amides is 1. The number of carboxylic acid groups (broad SMARTS) is 1. The van der Waals surface area contributed by atoms with E-state index in [0.29, 0.717) is 12.2 Å². The molecule has 0 spiro atoms. The van der Waals surface area contributed by atoms with Gasteiger partial charge in [-0.3, -0.25) is 14.4 Å². The molecule has 3 aromatic heterocycles. The lowest BCUT2D eigenvalue weighted by atomic mass is 9.78. The largest absolute Gasteiger partial charge is 0.483 e. The summed E-state index contributed by atoms with van der Waals surface area (Å²) in [5, 5.41) is 19.0. The van der Waals surface area contributed by atoms with E-state index < -0.39 is 0 Å². The molecule has 5 heterocycles. The lowest BCUT2D eigenvalue weighted by Crippen LogP contribution is -2.52. The molecule has 0 radical (unpaired) electrons. The van der Waals surface area contributed by atoms with Gasteiger partial charge in [-0.1, -0.05) is 17.4 Å². The summed E-state index contributed by atoms with van der Waals surface area (Å²) >= 11 is 1.53. The van der Waals surface area contributed by atoms with Gasteiger partial charge in [-0.2, -0.15) is 0 Å². The lowest BCUT2D eigenvalue weighted by molar-refractivity contribution is -0.122. The summed E-state index contributed by atoms with van der Waals surface area (Å²) in [6, 6.07) is 8.91. The maximum Gasteiger partial charge on any atom is 0.290 e. The third-order valence-corrected chi connectivity index (χ3v) is 6.48. The number of anilines is 1. The number of H-pyrrole nitrogens is 1. The summed E-state index contributed by atoms with van der Waals surface area (Å²) < 4.78 is 1.89. The Kier molecular flexibility index (Phi) is 6.12. The van der Waals surface area contributed by atoms with E-state index in [1.54, 1.807) is 29.9 Å². The Hall–Kier alpha value is -3.47. The number of carbonyl (C=O) groups excluding carboxylic acids is 1. The van der Waals surface area contributed by atoms with Crippen molar-refractivity contribution in [1.29, 1.82) is 0 Å². The standard InChI is InChI=1S/C19H20N6O2S.CH2O2/c26-17-5-1-4-15-12-7-13(10-24(9-12)19-23-22-11-28-19)16(25(15)17)8-21-18(27)14-3-2-6-20-14;2-1-3/h1-6,11-13,16,20H,7-10H2,(H,21,27);1H,(H,2,3)/t12-,13+,16+;/m1./s1. The topological polar surface area (TPSA) is 133 Å². The van der Waals surface area contributed by atoms with Gasteiger partial charge in [0.25, 0.3) is 17.9 Å². The van der Waals surface area contributed by atoms with Crippen molar-refractivity contribution in [3.05, 3.63) is 63.8 Å². The molecule has 3 atom stereocenters. The van der Waals surface area contributed by atoms with Crippen LogP contribution >= 0.6 is 11.3 Å². The number of aromatic nitrogens is 4. The minimum Gasteiger partial charge on any atom is -0.483 e. The molecule has 11 heteroatoms. The van der Waals surface area contributed by atoms with Crippen LogP contribution in [0.1, 0.15) is 34.6 Å². The number of piperidine rings is 1. The zero-order valence-corrected chi connectivity index (χ0v) is 17.4. The van der Waals surface area contributed by atoms with E-state index in [0.717, 1.165) is 30.3 Å². The molecule has 1 saturated heterocycles. The Morgan fingerprint density at radius 1 is 1.32 bits per heavy atom. The number of pyridine rings is 1. The highest BCUT2D eigenvalue weighted by atomic mass is 32.1. The number of hydrogen-bond acceptors (Lipinski definition) is 7. The molecule has 31 heavy (non-hydrogen) atoms. The van der Waals surface area contributed by atoms with Gasteiger partial charge in [0, 0.05) is 43.5 Å². The van der Waals surface area contributed by atoms with Crippen molar-refractivity contribution in [2.45, 2.75) is 18.4 Å². The lowest BCUT2D eigenvalue weighted by Gasteiger charge is -2.46. The molecule has 1 amide bonds. The van der Waals surface area contributed by atoms with E-state index >= 15 is 0 Å². The van der Waals surface area contributed by atoms with Gasteiger partial charge in [0.15, 0.2) is 0 Å². The number of hydrogen-bond donors (Lipinski definition) is 3. The predicted octanol–water partition coefficient (Wildman–Crippen LogP) is 1.32. The number of aromatic amines is 1. The number of nitrogens with zero attached hydrogens (tertiary/aromatic N) is 4. The van der Waals surface area contributed by atoms with Crippen LogP contribution in [-0.2, 0) is 4.79 Å². The highest BCUT2D eigenvalue weighted by Gasteiger charge is 2.41. The monoisotopic (exact) mass is 442 g/mol. The molecule has 3 aromatic rings. The van der Waals surface area contributed by atoms with Gasteiger partial charge in [-0.15, -0.1) is 10.2 Å². The molecule has 162 valence electrons. The maximum atomic E-state index is 12.7. The summed E-state index contributed by atoms with van der Waals surface area (Å²) in [5.74, 6) is 0.362. The van der Waals surface area contributed by atoms with Crippen LogP contribution < -0.4 is 15.8 Å². The first-order valence-electron chi connectivity index (χ1n) is 9.84. The first-order chi connectivity index (χ1) is 15.1. The molecule has 2 bridgehead atoms. The molecule has 2 aliphatic heterocycles. The molecule has 0 saturated carbocycles. The van der Waals surface area contributed by atoms with Crippen LogP contribution in [0.25, 0.3) is 0 Å². The Bertz CT molecular complexity index is 1080. The minimum absolute atomic E-state index is 0.00399. The van der Waals surface area contributed by atoms with Crippen LogP contribution in [0.15, 0.2) is 46.8 Å². The Labute approximate surface area is 181 Å². The fraction of sp³-hybridized carbons (Fsp3) is 0.350. The highest BCUT2D eigenvalue weighted by molar-refractivity contribution is 7.13. The number of fused-ring (bicyclic) bond motifs is 4. The normalized spacial score (nSPS) is 21.4. The summed E-state index contributed by atoms with van der Waals surface area (Å²) in [6.07, 6.45) is 2.72. The van der Waals surface area contributed by atoms with E-state index in [1.807, 2.05) is 16.7 Å². The fourth-order valence-electron chi connectivity index (χ4n) is 4.53. The summed E-state index contributed by atoms with van der Waals surface area (Å²) in [7, 11) is 0. The molecule has 5 rings (SSSR count). The molecule has 10 nitrogen and oxygen atoms in total. The van der Waals surface area contributed by atoms with Crippen molar-refractivity contribution in [2.24, 2.45) is 5.92 Å². The van der Waals surface area contributed by atoms with Crippen LogP contribution in [-0.4, -0.2) is 56.9 Å². The molecular weight excluding hydrogens is 420 g/mol. The molecule has 2 aliphatic rings. The van der Waals surface area contributed by atoms with E-state index in [1.165, 1.54) is 11.3 Å². The van der Waals surface area contributed by atoms with Crippen molar-refractivity contribution in [3.63, 3.8) is 0 Å². The highest BCUT2D eigenvalue weighted by Crippen LogP contribution is 2.42. The van der Waals surface area contributed by atoms with Crippen molar-refractivity contribution in [2.75, 3.05) is 24.5 Å². The van der Waals surface area contributed by atoms with E-state index in [2.05, 4.69) is 25.4 Å². The van der Waals surface area contributed by atoms with Crippen molar-refractivity contribution < 1.29 is 14.7 Å². The smallest absolute Gasteiger partial charge is 0.290 e. The van der Waals surface area contributed by atoms with Gasteiger partial charge in [-0.25, -0.2) is 0 Å². The molecular formula is C20H22N6O4S. The Balaban J connectivity index is 0.000000730. The van der Waals surface area contributed by atoms with E-state index in [9.17, 15) is 9.59 Å². The second kappa shape index (κ2) is 9.13. The van der Waals surface area contributed by atoms with E-state index in [4.69, 9.17) is 9.90 Å². The second-order valence-corrected chi connectivity index (χ2v) is 8.26. The predicted molar refractivity (Wildman–Crippen MR) is 115 cm³/mol. The first-order valence-corrected chi connectivity index (χ1v) is 10.7. The zero-order valence-electron chi connectivity index (χ0n) is 16.5. The van der Waals surface area contributed by atoms with Crippen molar-refractivity contribution in [1.82, 2.24) is 25.1 Å². The molecule has 3 N–H and O–H groups in total. The summed E-state index contributed by atoms with van der Waals surface area (Å²) in [5.41, 5.74) is 3.30. The average Bonchev–Trinajstić information content (AvgIpc) is 3.49. The number of carbonyl (C=O) groups is 2. The Morgan fingerprint density at radius 3 is 2.87 bits per heavy atom.